The molecule has 1 aromatic carbocycles. The highest BCUT2D eigenvalue weighted by Gasteiger charge is 2.46. The average molecular weight is 314 g/mol. The number of benzene rings is 1. The Morgan fingerprint density at radius 1 is 1.48 bits per heavy atom. The second-order valence-corrected chi connectivity index (χ2v) is 6.05. The smallest absolute Gasteiger partial charge is 0.534 e. The van der Waals surface area contributed by atoms with Crippen LogP contribution in [0.3, 0.4) is 0 Å². The summed E-state index contributed by atoms with van der Waals surface area (Å²) in [7, 11) is -1.33. The Morgan fingerprint density at radius 2 is 2.22 bits per heavy atom. The first-order valence-electron chi connectivity index (χ1n) is 7.35. The first-order chi connectivity index (χ1) is 10.9. The standard InChI is InChI=1S/C15H15BN2O5/c17-8-15(4-5-15)7-12(19)18-11-6-9-2-1-3-10(14(20)21)13(9)23-16(11)22/h1-3,11,22H,4-7H2,(H,18,19)(H,20,21)/t11-/m0/s1. The van der Waals surface area contributed by atoms with E-state index in [2.05, 4.69) is 11.4 Å². The van der Waals surface area contributed by atoms with Crippen LogP contribution in [0, 0.1) is 16.7 Å². The van der Waals surface area contributed by atoms with Crippen molar-refractivity contribution in [2.75, 3.05) is 0 Å². The maximum atomic E-state index is 12.0. The zero-order valence-electron chi connectivity index (χ0n) is 12.3. The monoisotopic (exact) mass is 314 g/mol. The van der Waals surface area contributed by atoms with Gasteiger partial charge in [0.2, 0.25) is 5.91 Å². The molecule has 1 fully saturated rings. The minimum Gasteiger partial charge on any atom is -0.534 e. The number of nitrogens with one attached hydrogen (secondary N) is 1. The number of rotatable bonds is 4. The molecule has 1 atom stereocenters. The summed E-state index contributed by atoms with van der Waals surface area (Å²) in [6, 6.07) is 6.84. The molecule has 1 aromatic rings. The number of nitrogens with zero attached hydrogens (tertiary/aromatic N) is 1. The number of carbonyl (C=O) groups excluding carboxylic acids is 1. The Hall–Kier alpha value is -2.53. The van der Waals surface area contributed by atoms with Crippen molar-refractivity contribution in [3.05, 3.63) is 29.3 Å². The Bertz CT molecular complexity index is 710. The zero-order valence-corrected chi connectivity index (χ0v) is 12.3. The molecule has 0 aromatic heterocycles. The summed E-state index contributed by atoms with van der Waals surface area (Å²) < 4.78 is 5.30. The van der Waals surface area contributed by atoms with Gasteiger partial charge in [-0.3, -0.25) is 4.79 Å². The molecule has 7 nitrogen and oxygen atoms in total. The van der Waals surface area contributed by atoms with Crippen LogP contribution in [0.2, 0.25) is 0 Å². The lowest BCUT2D eigenvalue weighted by Gasteiger charge is -2.29. The number of hydrogen-bond acceptors (Lipinski definition) is 5. The lowest BCUT2D eigenvalue weighted by Crippen LogP contribution is -2.53. The van der Waals surface area contributed by atoms with E-state index in [4.69, 9.17) is 15.0 Å². The largest absolute Gasteiger partial charge is 0.547 e. The topological polar surface area (TPSA) is 120 Å². The van der Waals surface area contributed by atoms with Crippen LogP contribution >= 0.6 is 0 Å². The second kappa shape index (κ2) is 5.59. The van der Waals surface area contributed by atoms with Crippen molar-refractivity contribution in [3.8, 4) is 11.8 Å². The molecular weight excluding hydrogens is 299 g/mol. The van der Waals surface area contributed by atoms with E-state index in [-0.39, 0.29) is 30.1 Å². The van der Waals surface area contributed by atoms with Crippen LogP contribution in [0.1, 0.15) is 35.2 Å². The van der Waals surface area contributed by atoms with E-state index in [1.165, 1.54) is 6.07 Å². The molecule has 1 aliphatic heterocycles. The van der Waals surface area contributed by atoms with Crippen molar-refractivity contribution in [1.29, 1.82) is 5.26 Å². The van der Waals surface area contributed by atoms with Crippen molar-refractivity contribution in [2.24, 2.45) is 5.41 Å². The molecule has 1 heterocycles. The van der Waals surface area contributed by atoms with Crippen molar-refractivity contribution < 1.29 is 24.4 Å². The van der Waals surface area contributed by atoms with Gasteiger partial charge in [0.1, 0.15) is 5.75 Å². The van der Waals surface area contributed by atoms with E-state index in [0.717, 1.165) is 0 Å². The summed E-state index contributed by atoms with van der Waals surface area (Å²) >= 11 is 0. The zero-order chi connectivity index (χ0) is 16.6. The number of aromatic carboxylic acids is 1. The summed E-state index contributed by atoms with van der Waals surface area (Å²) in [6.07, 6.45) is 1.80. The molecule has 0 radical (unpaired) electrons. The number of amides is 1. The van der Waals surface area contributed by atoms with Crippen molar-refractivity contribution in [1.82, 2.24) is 5.32 Å². The van der Waals surface area contributed by atoms with Gasteiger partial charge in [0.25, 0.3) is 0 Å². The van der Waals surface area contributed by atoms with E-state index in [0.29, 0.717) is 18.4 Å². The highest BCUT2D eigenvalue weighted by atomic mass is 16.5. The summed E-state index contributed by atoms with van der Waals surface area (Å²) in [5.41, 5.74) is 0.0357. The molecule has 3 rings (SSSR count). The molecule has 23 heavy (non-hydrogen) atoms. The lowest BCUT2D eigenvalue weighted by atomic mass is 9.72. The van der Waals surface area contributed by atoms with Crippen LogP contribution in [0.15, 0.2) is 18.2 Å². The predicted octanol–water partition coefficient (Wildman–Crippen LogP) is 0.518. The molecule has 2 aliphatic rings. The molecule has 1 amide bonds. The van der Waals surface area contributed by atoms with E-state index in [9.17, 15) is 14.6 Å². The Kier molecular flexibility index (Phi) is 3.74. The van der Waals surface area contributed by atoms with Crippen molar-refractivity contribution >= 4 is 19.0 Å². The van der Waals surface area contributed by atoms with Gasteiger partial charge in [-0.25, -0.2) is 4.79 Å². The van der Waals surface area contributed by atoms with E-state index in [1.54, 1.807) is 12.1 Å². The molecule has 3 N–H and O–H groups in total. The first kappa shape index (κ1) is 15.4. The fourth-order valence-corrected chi connectivity index (χ4v) is 2.76. The highest BCUT2D eigenvalue weighted by Crippen LogP contribution is 2.48. The van der Waals surface area contributed by atoms with Crippen LogP contribution in [0.5, 0.6) is 5.75 Å². The number of carboxylic acid groups (broad SMARTS) is 1. The van der Waals surface area contributed by atoms with Crippen LogP contribution in [0.4, 0.5) is 0 Å². The van der Waals surface area contributed by atoms with Gasteiger partial charge < -0.3 is 20.1 Å². The summed E-state index contributed by atoms with van der Waals surface area (Å²) in [4.78, 5) is 23.2. The molecule has 118 valence electrons. The minimum atomic E-state index is -1.33. The lowest BCUT2D eigenvalue weighted by molar-refractivity contribution is -0.122. The van der Waals surface area contributed by atoms with Crippen molar-refractivity contribution in [3.63, 3.8) is 0 Å². The van der Waals surface area contributed by atoms with E-state index < -0.39 is 24.4 Å². The minimum absolute atomic E-state index is 0.0206. The molecule has 8 heteroatoms. The summed E-state index contributed by atoms with van der Waals surface area (Å²) in [5, 5.41) is 30.9. The van der Waals surface area contributed by atoms with Gasteiger partial charge in [-0.2, -0.15) is 5.26 Å². The quantitative estimate of drug-likeness (QED) is 0.697. The maximum Gasteiger partial charge on any atom is 0.547 e. The molecule has 0 spiro atoms. The van der Waals surface area contributed by atoms with Gasteiger partial charge in [0, 0.05) is 6.42 Å². The molecule has 1 saturated carbocycles. The molecule has 1 aliphatic carbocycles. The van der Waals surface area contributed by atoms with Gasteiger partial charge in [-0.1, -0.05) is 12.1 Å². The number of hydrogen-bond donors (Lipinski definition) is 3. The average Bonchev–Trinajstić information content (AvgIpc) is 3.27. The molecule has 0 bridgehead atoms. The molecular formula is C15H15BN2O5. The fourth-order valence-electron chi connectivity index (χ4n) is 2.76. The maximum absolute atomic E-state index is 12.0. The van der Waals surface area contributed by atoms with Crippen LogP contribution in [-0.2, 0) is 11.2 Å². The van der Waals surface area contributed by atoms with Gasteiger partial charge in [-0.05, 0) is 30.9 Å². The van der Waals surface area contributed by atoms with Gasteiger partial charge >= 0.3 is 13.1 Å². The number of carbonyl (C=O) groups is 2. The third kappa shape index (κ3) is 3.01. The normalized spacial score (nSPS) is 20.7. The third-order valence-electron chi connectivity index (χ3n) is 4.29. The van der Waals surface area contributed by atoms with Crippen LogP contribution in [-0.4, -0.2) is 35.1 Å². The SMILES string of the molecule is N#CC1(CC(=O)N[C@H]2Cc3cccc(C(=O)O)c3OB2O)CC1. The number of carboxylic acids is 1. The van der Waals surface area contributed by atoms with Gasteiger partial charge in [0.05, 0.1) is 23.0 Å². The van der Waals surface area contributed by atoms with Gasteiger partial charge in [-0.15, -0.1) is 0 Å². The first-order valence-corrected chi connectivity index (χ1v) is 7.35. The number of nitriles is 1. The Labute approximate surface area is 133 Å². The highest BCUT2D eigenvalue weighted by molar-refractivity contribution is 6.47. The van der Waals surface area contributed by atoms with E-state index >= 15 is 0 Å². The van der Waals surface area contributed by atoms with Crippen molar-refractivity contribution in [2.45, 2.75) is 31.6 Å². The molecule has 0 saturated heterocycles. The van der Waals surface area contributed by atoms with E-state index in [1.807, 2.05) is 0 Å². The second-order valence-electron chi connectivity index (χ2n) is 6.05. The summed E-state index contributed by atoms with van der Waals surface area (Å²) in [6.45, 7) is 0. The van der Waals surface area contributed by atoms with Crippen LogP contribution in [0.25, 0.3) is 0 Å². The third-order valence-corrected chi connectivity index (χ3v) is 4.29. The number of fused-ring (bicyclic) bond motifs is 1. The Morgan fingerprint density at radius 3 is 2.83 bits per heavy atom. The fraction of sp³-hybridized carbons (Fsp3) is 0.400. The van der Waals surface area contributed by atoms with Gasteiger partial charge in [0.15, 0.2) is 0 Å². The Balaban J connectivity index is 1.72. The van der Waals surface area contributed by atoms with Crippen LogP contribution < -0.4 is 9.97 Å². The summed E-state index contributed by atoms with van der Waals surface area (Å²) in [5.74, 6) is -1.99. The molecule has 0 unspecified atom stereocenters. The number of para-hydroxylation sites is 1. The predicted molar refractivity (Wildman–Crippen MR) is 79.5 cm³/mol.